The topological polar surface area (TPSA) is 69.3 Å². The molecule has 2 heterocycles. The van der Waals surface area contributed by atoms with E-state index in [1.54, 1.807) is 32.7 Å². The second-order valence-electron chi connectivity index (χ2n) is 6.96. The number of hydrogen-bond acceptors (Lipinski definition) is 6. The van der Waals surface area contributed by atoms with Crippen molar-refractivity contribution in [3.63, 3.8) is 0 Å². The molecule has 0 aliphatic heterocycles. The zero-order valence-electron chi connectivity index (χ0n) is 17.1. The highest BCUT2D eigenvalue weighted by molar-refractivity contribution is 7.15. The van der Waals surface area contributed by atoms with E-state index in [-0.39, 0.29) is 28.9 Å². The van der Waals surface area contributed by atoms with E-state index in [4.69, 9.17) is 14.2 Å². The molecule has 0 saturated heterocycles. The zero-order valence-corrected chi connectivity index (χ0v) is 18.0. The fourth-order valence-electron chi connectivity index (χ4n) is 3.54. The lowest BCUT2D eigenvalue weighted by atomic mass is 10.0. The molecule has 1 unspecified atom stereocenters. The van der Waals surface area contributed by atoms with Crippen molar-refractivity contribution in [1.82, 2.24) is 9.55 Å². The Morgan fingerprint density at radius 3 is 2.75 bits per heavy atom. The number of alkyl halides is 3. The van der Waals surface area contributed by atoms with E-state index in [1.165, 1.54) is 29.5 Å². The Balaban J connectivity index is 1.63. The maximum Gasteiger partial charge on any atom is 0.416 e. The number of fused-ring (bicyclic) bond motifs is 1. The molecule has 0 saturated carbocycles. The third kappa shape index (κ3) is 4.09. The summed E-state index contributed by atoms with van der Waals surface area (Å²) in [5.41, 5.74) is 0.835. The third-order valence-electron chi connectivity index (χ3n) is 5.12. The van der Waals surface area contributed by atoms with Crippen molar-refractivity contribution in [3.8, 4) is 16.8 Å². The minimum absolute atomic E-state index is 0.00295. The Bertz CT molecular complexity index is 1210. The Hall–Kier alpha value is -3.29. The molecule has 1 aromatic carbocycles. The molecule has 32 heavy (non-hydrogen) atoms. The Labute approximate surface area is 186 Å². The first kappa shape index (κ1) is 21.9. The molecule has 0 radical (unpaired) electrons. The molecule has 0 N–H and O–H groups in total. The number of aromatic nitrogens is 2. The van der Waals surface area contributed by atoms with Crippen molar-refractivity contribution >= 4 is 17.4 Å². The maximum atomic E-state index is 13.2. The van der Waals surface area contributed by atoms with Crippen LogP contribution in [0.3, 0.4) is 0 Å². The van der Waals surface area contributed by atoms with Crippen molar-refractivity contribution in [3.05, 3.63) is 69.8 Å². The fraction of sp³-hybridized carbons (Fsp3) is 0.273. The number of thiophene rings is 1. The van der Waals surface area contributed by atoms with Crippen LogP contribution in [0.1, 0.15) is 27.4 Å². The fourth-order valence-corrected chi connectivity index (χ4v) is 4.43. The number of rotatable bonds is 6. The molecule has 166 valence electrons. The summed E-state index contributed by atoms with van der Waals surface area (Å²) < 4.78 is 58.1. The quantitative estimate of drug-likeness (QED) is 0.519. The number of methoxy groups -OCH3 is 2. The van der Waals surface area contributed by atoms with Crippen molar-refractivity contribution in [1.29, 1.82) is 5.26 Å². The number of imidazole rings is 1. The third-order valence-corrected chi connectivity index (χ3v) is 6.14. The van der Waals surface area contributed by atoms with Gasteiger partial charge in [0, 0.05) is 31.2 Å². The first-order valence-corrected chi connectivity index (χ1v) is 10.3. The predicted octanol–water partition coefficient (Wildman–Crippen LogP) is 4.96. The van der Waals surface area contributed by atoms with Crippen molar-refractivity contribution in [2.75, 3.05) is 14.2 Å². The van der Waals surface area contributed by atoms with Crippen molar-refractivity contribution in [2.24, 2.45) is 0 Å². The van der Waals surface area contributed by atoms with Crippen LogP contribution >= 0.6 is 11.3 Å². The van der Waals surface area contributed by atoms with Gasteiger partial charge in [-0.25, -0.2) is 4.98 Å². The van der Waals surface area contributed by atoms with Crippen molar-refractivity contribution < 1.29 is 27.4 Å². The van der Waals surface area contributed by atoms with Crippen LogP contribution in [0.15, 0.2) is 42.4 Å². The van der Waals surface area contributed by atoms with Crippen LogP contribution in [0, 0.1) is 11.3 Å². The van der Waals surface area contributed by atoms with E-state index in [1.807, 2.05) is 4.57 Å². The molecule has 2 aromatic heterocycles. The molecule has 3 aromatic rings. The van der Waals surface area contributed by atoms with Crippen LogP contribution < -0.4 is 4.74 Å². The lowest BCUT2D eigenvalue weighted by Gasteiger charge is -2.22. The smallest absolute Gasteiger partial charge is 0.416 e. The highest BCUT2D eigenvalue weighted by atomic mass is 32.1. The lowest BCUT2D eigenvalue weighted by molar-refractivity contribution is -0.138. The highest BCUT2D eigenvalue weighted by Crippen LogP contribution is 2.36. The second-order valence-corrected chi connectivity index (χ2v) is 7.99. The standard InChI is InChI=1S/C22H18F3N3O3S/c1-29-17-7-15-16(8-18(17)30-2)28(12-27-15)21-9-19(20(10-26)32-21)31-11-13-5-3-4-6-14(13)22(23,24)25/h3-7,9,12,18H,8,11H2,1-2H3. The molecule has 10 heteroatoms. The minimum Gasteiger partial charge on any atom is -0.498 e. The molecule has 4 rings (SSSR count). The van der Waals surface area contributed by atoms with E-state index < -0.39 is 11.7 Å². The Kier molecular flexibility index (Phi) is 5.95. The molecule has 6 nitrogen and oxygen atoms in total. The summed E-state index contributed by atoms with van der Waals surface area (Å²) in [7, 11) is 3.16. The number of nitrogens with zero attached hydrogens (tertiary/aromatic N) is 3. The number of nitriles is 1. The first-order chi connectivity index (χ1) is 15.4. The first-order valence-electron chi connectivity index (χ1n) is 9.52. The van der Waals surface area contributed by atoms with E-state index in [0.717, 1.165) is 17.5 Å². The van der Waals surface area contributed by atoms with Gasteiger partial charge < -0.3 is 14.2 Å². The van der Waals surface area contributed by atoms with Gasteiger partial charge in [0.2, 0.25) is 0 Å². The van der Waals surface area contributed by atoms with Gasteiger partial charge in [-0.2, -0.15) is 18.4 Å². The largest absolute Gasteiger partial charge is 0.498 e. The second kappa shape index (κ2) is 8.68. The summed E-state index contributed by atoms with van der Waals surface area (Å²) in [5, 5.41) is 10.2. The maximum absolute atomic E-state index is 13.2. The molecule has 1 aliphatic rings. The van der Waals surface area contributed by atoms with Crippen LogP contribution in [0.25, 0.3) is 11.1 Å². The normalized spacial score (nSPS) is 15.6. The summed E-state index contributed by atoms with van der Waals surface area (Å²) in [5.74, 6) is 0.889. The zero-order chi connectivity index (χ0) is 22.9. The van der Waals surface area contributed by atoms with Crippen LogP contribution in [0.4, 0.5) is 13.2 Å². The molecule has 0 amide bonds. The van der Waals surface area contributed by atoms with E-state index in [0.29, 0.717) is 17.2 Å². The monoisotopic (exact) mass is 461 g/mol. The van der Waals surface area contributed by atoms with Crippen molar-refractivity contribution in [2.45, 2.75) is 25.3 Å². The van der Waals surface area contributed by atoms with Gasteiger partial charge in [-0.3, -0.25) is 4.57 Å². The summed E-state index contributed by atoms with van der Waals surface area (Å²) >= 11 is 1.17. The van der Waals surface area contributed by atoms with Crippen LogP contribution in [-0.2, 0) is 28.7 Å². The van der Waals surface area contributed by atoms with Gasteiger partial charge in [0.25, 0.3) is 0 Å². The highest BCUT2D eigenvalue weighted by Gasteiger charge is 2.33. The Morgan fingerprint density at radius 2 is 2.06 bits per heavy atom. The molecular weight excluding hydrogens is 443 g/mol. The summed E-state index contributed by atoms with van der Waals surface area (Å²) in [6.07, 6.45) is -0.815. The summed E-state index contributed by atoms with van der Waals surface area (Å²) in [6, 6.07) is 8.91. The average molecular weight is 461 g/mol. The van der Waals surface area contributed by atoms with E-state index in [2.05, 4.69) is 11.1 Å². The predicted molar refractivity (Wildman–Crippen MR) is 111 cm³/mol. The molecule has 0 bridgehead atoms. The SMILES string of the molecule is COC1=Cc2ncn(-c3cc(OCc4ccccc4C(F)(F)F)c(C#N)s3)c2CC1OC. The summed E-state index contributed by atoms with van der Waals surface area (Å²) in [6.45, 7) is -0.311. The van der Waals surface area contributed by atoms with Gasteiger partial charge in [-0.05, 0) is 6.07 Å². The number of benzene rings is 1. The Morgan fingerprint density at radius 1 is 1.28 bits per heavy atom. The van der Waals surface area contributed by atoms with Gasteiger partial charge in [0.15, 0.2) is 5.75 Å². The van der Waals surface area contributed by atoms with Crippen LogP contribution in [0.5, 0.6) is 5.75 Å². The van der Waals surface area contributed by atoms with Gasteiger partial charge in [-0.1, -0.05) is 18.2 Å². The number of ether oxygens (including phenoxy) is 3. The van der Waals surface area contributed by atoms with E-state index >= 15 is 0 Å². The molecule has 1 aliphatic carbocycles. The van der Waals surface area contributed by atoms with Gasteiger partial charge in [0.05, 0.1) is 24.1 Å². The number of hydrogen-bond donors (Lipinski definition) is 0. The lowest BCUT2D eigenvalue weighted by Crippen LogP contribution is -2.23. The molecule has 0 fully saturated rings. The minimum atomic E-state index is -4.49. The van der Waals surface area contributed by atoms with Crippen LogP contribution in [0.2, 0.25) is 0 Å². The summed E-state index contributed by atoms with van der Waals surface area (Å²) in [4.78, 5) is 4.67. The van der Waals surface area contributed by atoms with Gasteiger partial charge in [-0.15, -0.1) is 11.3 Å². The molecule has 0 spiro atoms. The van der Waals surface area contributed by atoms with E-state index in [9.17, 15) is 18.4 Å². The molecular formula is C22H18F3N3O3S. The number of halogens is 3. The van der Waals surface area contributed by atoms with Gasteiger partial charge in [0.1, 0.15) is 40.7 Å². The van der Waals surface area contributed by atoms with Crippen LogP contribution in [-0.4, -0.2) is 29.9 Å². The van der Waals surface area contributed by atoms with Gasteiger partial charge >= 0.3 is 6.18 Å². The average Bonchev–Trinajstić information content (AvgIpc) is 3.39. The molecule has 1 atom stereocenters.